The van der Waals surface area contributed by atoms with Crippen LogP contribution in [0.4, 0.5) is 0 Å². The number of nitrogens with zero attached hydrogens (tertiary/aromatic N) is 3. The highest BCUT2D eigenvalue weighted by molar-refractivity contribution is 7.89. The SMILES string of the molecule is C#CCN(CC)S(=O)(=O)c1cn(CCC)c(C)n1. The van der Waals surface area contributed by atoms with Gasteiger partial charge in [-0.2, -0.15) is 4.31 Å². The minimum absolute atomic E-state index is 0.0680. The van der Waals surface area contributed by atoms with Gasteiger partial charge in [0, 0.05) is 19.3 Å². The van der Waals surface area contributed by atoms with Gasteiger partial charge in [-0.3, -0.25) is 0 Å². The van der Waals surface area contributed by atoms with Gasteiger partial charge in [-0.25, -0.2) is 13.4 Å². The topological polar surface area (TPSA) is 55.2 Å². The van der Waals surface area contributed by atoms with Crippen molar-refractivity contribution in [3.05, 3.63) is 12.0 Å². The lowest BCUT2D eigenvalue weighted by Gasteiger charge is -2.15. The van der Waals surface area contributed by atoms with Gasteiger partial charge in [0.15, 0.2) is 5.03 Å². The zero-order valence-corrected chi connectivity index (χ0v) is 11.9. The molecule has 0 saturated carbocycles. The van der Waals surface area contributed by atoms with Crippen molar-refractivity contribution in [1.82, 2.24) is 13.9 Å². The van der Waals surface area contributed by atoms with Gasteiger partial charge in [-0.05, 0) is 13.3 Å². The standard InChI is InChI=1S/C12H19N3O2S/c1-5-8-14-10-12(13-11(14)4)18(16,17)15(7-3)9-6-2/h2,10H,5,7-9H2,1,3-4H3. The summed E-state index contributed by atoms with van der Waals surface area (Å²) in [5, 5.41) is 0.0746. The molecule has 0 aliphatic heterocycles. The first-order valence-electron chi connectivity index (χ1n) is 5.94. The molecule has 6 heteroatoms. The second-order valence-corrected chi connectivity index (χ2v) is 5.84. The maximum absolute atomic E-state index is 12.3. The van der Waals surface area contributed by atoms with Crippen molar-refractivity contribution in [1.29, 1.82) is 0 Å². The highest BCUT2D eigenvalue weighted by atomic mass is 32.2. The first-order chi connectivity index (χ1) is 8.47. The minimum Gasteiger partial charge on any atom is -0.334 e. The van der Waals surface area contributed by atoms with Crippen LogP contribution in [-0.2, 0) is 16.6 Å². The van der Waals surface area contributed by atoms with Crippen LogP contribution >= 0.6 is 0 Å². The van der Waals surface area contributed by atoms with Crippen molar-refractivity contribution in [2.75, 3.05) is 13.1 Å². The number of hydrogen-bond acceptors (Lipinski definition) is 3. The van der Waals surface area contributed by atoms with Crippen LogP contribution in [0, 0.1) is 19.3 Å². The molecule has 5 nitrogen and oxygen atoms in total. The average molecular weight is 269 g/mol. The fraction of sp³-hybridized carbons (Fsp3) is 0.583. The van der Waals surface area contributed by atoms with Crippen molar-refractivity contribution < 1.29 is 8.42 Å². The predicted molar refractivity (Wildman–Crippen MR) is 70.5 cm³/mol. The van der Waals surface area contributed by atoms with Crippen LogP contribution in [-0.4, -0.2) is 35.4 Å². The Kier molecular flexibility index (Phi) is 4.93. The number of hydrogen-bond donors (Lipinski definition) is 0. The van der Waals surface area contributed by atoms with Gasteiger partial charge in [0.1, 0.15) is 5.82 Å². The average Bonchev–Trinajstić information content (AvgIpc) is 2.69. The van der Waals surface area contributed by atoms with E-state index >= 15 is 0 Å². The summed E-state index contributed by atoms with van der Waals surface area (Å²) < 4.78 is 27.6. The van der Waals surface area contributed by atoms with Gasteiger partial charge in [0.05, 0.1) is 6.54 Å². The van der Waals surface area contributed by atoms with E-state index in [9.17, 15) is 8.42 Å². The zero-order valence-electron chi connectivity index (χ0n) is 11.0. The third kappa shape index (κ3) is 2.92. The van der Waals surface area contributed by atoms with E-state index in [-0.39, 0.29) is 11.6 Å². The van der Waals surface area contributed by atoms with Crippen molar-refractivity contribution in [3.8, 4) is 12.3 Å². The summed E-state index contributed by atoms with van der Waals surface area (Å²) >= 11 is 0. The number of imidazole rings is 1. The molecule has 0 aliphatic rings. The van der Waals surface area contributed by atoms with E-state index in [1.165, 1.54) is 4.31 Å². The molecule has 0 atom stereocenters. The molecule has 0 amide bonds. The molecule has 1 aromatic heterocycles. The minimum atomic E-state index is -3.57. The molecule has 1 rings (SSSR count). The molecular formula is C12H19N3O2S. The quantitative estimate of drug-likeness (QED) is 0.730. The van der Waals surface area contributed by atoms with Crippen LogP contribution in [0.2, 0.25) is 0 Å². The van der Waals surface area contributed by atoms with E-state index in [0.29, 0.717) is 12.4 Å². The second-order valence-electron chi connectivity index (χ2n) is 3.96. The Morgan fingerprint density at radius 1 is 1.50 bits per heavy atom. The lowest BCUT2D eigenvalue weighted by atomic mass is 10.5. The van der Waals surface area contributed by atoms with E-state index in [1.54, 1.807) is 20.0 Å². The summed E-state index contributed by atoms with van der Waals surface area (Å²) in [6, 6.07) is 0. The Bertz CT molecular complexity index is 540. The lowest BCUT2D eigenvalue weighted by Crippen LogP contribution is -2.31. The normalized spacial score (nSPS) is 11.7. The maximum Gasteiger partial charge on any atom is 0.262 e. The molecular weight excluding hydrogens is 250 g/mol. The van der Waals surface area contributed by atoms with E-state index in [4.69, 9.17) is 6.42 Å². The first kappa shape index (κ1) is 14.7. The summed E-state index contributed by atoms with van der Waals surface area (Å²) in [6.07, 6.45) is 7.69. The van der Waals surface area contributed by atoms with Crippen molar-refractivity contribution in [2.24, 2.45) is 0 Å². The molecule has 0 unspecified atom stereocenters. The molecule has 0 bridgehead atoms. The summed E-state index contributed by atoms with van der Waals surface area (Å²) in [4.78, 5) is 4.12. The number of aryl methyl sites for hydroxylation is 2. The fourth-order valence-electron chi connectivity index (χ4n) is 1.67. The maximum atomic E-state index is 12.3. The van der Waals surface area contributed by atoms with E-state index < -0.39 is 10.0 Å². The summed E-state index contributed by atoms with van der Waals surface area (Å²) in [5.74, 6) is 3.05. The third-order valence-corrected chi connectivity index (χ3v) is 4.44. The van der Waals surface area contributed by atoms with Gasteiger partial charge >= 0.3 is 0 Å². The predicted octanol–water partition coefficient (Wildman–Crippen LogP) is 1.25. The molecule has 0 aromatic carbocycles. The van der Waals surface area contributed by atoms with Crippen molar-refractivity contribution in [3.63, 3.8) is 0 Å². The lowest BCUT2D eigenvalue weighted by molar-refractivity contribution is 0.461. The van der Waals surface area contributed by atoms with Crippen LogP contribution in [0.5, 0.6) is 0 Å². The third-order valence-electron chi connectivity index (χ3n) is 2.64. The van der Waals surface area contributed by atoms with Crippen molar-refractivity contribution in [2.45, 2.75) is 38.8 Å². The number of aromatic nitrogens is 2. The Balaban J connectivity index is 3.12. The van der Waals surface area contributed by atoms with Gasteiger partial charge in [-0.1, -0.05) is 19.8 Å². The van der Waals surface area contributed by atoms with Gasteiger partial charge < -0.3 is 4.57 Å². The molecule has 0 N–H and O–H groups in total. The van der Waals surface area contributed by atoms with Gasteiger partial charge in [-0.15, -0.1) is 6.42 Å². The Morgan fingerprint density at radius 2 is 2.17 bits per heavy atom. The summed E-state index contributed by atoms with van der Waals surface area (Å²) in [6.45, 7) is 6.75. The van der Waals surface area contributed by atoms with Crippen LogP contribution in [0.15, 0.2) is 11.2 Å². The highest BCUT2D eigenvalue weighted by Crippen LogP contribution is 2.15. The molecule has 0 radical (unpaired) electrons. The molecule has 18 heavy (non-hydrogen) atoms. The molecule has 1 aromatic rings. The summed E-state index contributed by atoms with van der Waals surface area (Å²) in [5.41, 5.74) is 0. The Morgan fingerprint density at radius 3 is 2.67 bits per heavy atom. The van der Waals surface area contributed by atoms with Gasteiger partial charge in [0.25, 0.3) is 10.0 Å². The zero-order chi connectivity index (χ0) is 13.8. The Labute approximate surface area is 109 Å². The fourth-order valence-corrected chi connectivity index (χ4v) is 3.03. The summed E-state index contributed by atoms with van der Waals surface area (Å²) in [7, 11) is -3.57. The molecule has 100 valence electrons. The first-order valence-corrected chi connectivity index (χ1v) is 7.38. The van der Waals surface area contributed by atoms with Crippen LogP contribution in [0.25, 0.3) is 0 Å². The largest absolute Gasteiger partial charge is 0.334 e. The Hall–Kier alpha value is -1.32. The molecule has 0 spiro atoms. The molecule has 1 heterocycles. The van der Waals surface area contributed by atoms with Crippen molar-refractivity contribution >= 4 is 10.0 Å². The molecule has 0 fully saturated rings. The number of rotatable bonds is 6. The smallest absolute Gasteiger partial charge is 0.262 e. The second kappa shape index (κ2) is 6.03. The number of sulfonamides is 1. The molecule has 0 saturated heterocycles. The van der Waals surface area contributed by atoms with E-state index in [1.807, 2.05) is 11.5 Å². The highest BCUT2D eigenvalue weighted by Gasteiger charge is 2.25. The molecule has 0 aliphatic carbocycles. The van der Waals surface area contributed by atoms with E-state index in [0.717, 1.165) is 13.0 Å². The van der Waals surface area contributed by atoms with Gasteiger partial charge in [0.2, 0.25) is 0 Å². The van der Waals surface area contributed by atoms with Crippen LogP contribution < -0.4 is 0 Å². The number of terminal acetylenes is 1. The van der Waals surface area contributed by atoms with Crippen LogP contribution in [0.1, 0.15) is 26.1 Å². The monoisotopic (exact) mass is 269 g/mol. The van der Waals surface area contributed by atoms with E-state index in [2.05, 4.69) is 10.9 Å². The van der Waals surface area contributed by atoms with Crippen LogP contribution in [0.3, 0.4) is 0 Å².